The van der Waals surface area contributed by atoms with Crippen LogP contribution < -0.4 is 0 Å². The molecule has 0 fully saturated rings. The van der Waals surface area contributed by atoms with Crippen molar-refractivity contribution >= 4 is 23.0 Å². The molecule has 0 aliphatic rings. The highest BCUT2D eigenvalue weighted by Crippen LogP contribution is 2.27. The van der Waals surface area contributed by atoms with Gasteiger partial charge in [-0.15, -0.1) is 11.3 Å². The highest BCUT2D eigenvalue weighted by atomic mass is 32.1. The average molecular weight is 330 g/mol. The van der Waals surface area contributed by atoms with Gasteiger partial charge in [-0.3, -0.25) is 14.6 Å². The summed E-state index contributed by atoms with van der Waals surface area (Å²) in [5.74, 6) is -0.0646. The van der Waals surface area contributed by atoms with Crippen LogP contribution in [0.3, 0.4) is 0 Å². The zero-order valence-electron chi connectivity index (χ0n) is 13.8. The lowest BCUT2D eigenvalue weighted by Crippen LogP contribution is -2.31. The third-order valence-corrected chi connectivity index (χ3v) is 4.91. The number of thiophene rings is 1. The predicted octanol–water partition coefficient (Wildman–Crippen LogP) is 4.35. The molecule has 23 heavy (non-hydrogen) atoms. The first-order chi connectivity index (χ1) is 11.0. The van der Waals surface area contributed by atoms with Crippen molar-refractivity contribution < 1.29 is 9.59 Å². The van der Waals surface area contributed by atoms with Gasteiger partial charge in [-0.1, -0.05) is 25.8 Å². The maximum absolute atomic E-state index is 12.8. The van der Waals surface area contributed by atoms with Crippen molar-refractivity contribution in [1.29, 1.82) is 0 Å². The third kappa shape index (κ3) is 4.26. The SMILES string of the molecule is CCCCC(c1cccnc1)N(C)C(=O)c1csc(C(C)=O)c1. The lowest BCUT2D eigenvalue weighted by Gasteiger charge is -2.28. The summed E-state index contributed by atoms with van der Waals surface area (Å²) in [6.45, 7) is 3.66. The molecule has 0 aliphatic carbocycles. The second kappa shape index (κ2) is 8.02. The molecule has 0 aliphatic heterocycles. The molecule has 0 saturated carbocycles. The minimum absolute atomic E-state index is 0.00294. The number of aromatic nitrogens is 1. The fraction of sp³-hybridized carbons (Fsp3) is 0.389. The smallest absolute Gasteiger partial charge is 0.254 e. The Hall–Kier alpha value is -2.01. The molecular formula is C18H22N2O2S. The number of hydrogen-bond acceptors (Lipinski definition) is 4. The molecule has 122 valence electrons. The Morgan fingerprint density at radius 1 is 1.39 bits per heavy atom. The van der Waals surface area contributed by atoms with Gasteiger partial charge < -0.3 is 4.90 Å². The molecular weight excluding hydrogens is 308 g/mol. The van der Waals surface area contributed by atoms with Gasteiger partial charge in [0.15, 0.2) is 5.78 Å². The fourth-order valence-electron chi connectivity index (χ4n) is 2.53. The number of carbonyl (C=O) groups is 2. The molecule has 4 nitrogen and oxygen atoms in total. The van der Waals surface area contributed by atoms with Crippen LogP contribution in [0, 0.1) is 0 Å². The number of hydrogen-bond donors (Lipinski definition) is 0. The van der Waals surface area contributed by atoms with E-state index in [1.807, 2.05) is 25.4 Å². The Morgan fingerprint density at radius 3 is 2.74 bits per heavy atom. The van der Waals surface area contributed by atoms with Crippen molar-refractivity contribution in [2.24, 2.45) is 0 Å². The Morgan fingerprint density at radius 2 is 2.17 bits per heavy atom. The number of Topliss-reactive ketones (excluding diaryl/α,β-unsaturated/α-hetero) is 1. The number of amides is 1. The van der Waals surface area contributed by atoms with Crippen LogP contribution in [0.5, 0.6) is 0 Å². The van der Waals surface area contributed by atoms with Crippen molar-refractivity contribution in [2.75, 3.05) is 7.05 Å². The largest absolute Gasteiger partial charge is 0.335 e. The monoisotopic (exact) mass is 330 g/mol. The maximum atomic E-state index is 12.8. The second-order valence-corrected chi connectivity index (χ2v) is 6.53. The molecule has 0 radical (unpaired) electrons. The predicted molar refractivity (Wildman–Crippen MR) is 92.9 cm³/mol. The molecule has 2 heterocycles. The Labute approximate surface area is 141 Å². The number of carbonyl (C=O) groups excluding carboxylic acids is 2. The highest BCUT2D eigenvalue weighted by Gasteiger charge is 2.23. The standard InChI is InChI=1S/C18H22N2O2S/c1-4-5-8-16(14-7-6-9-19-11-14)20(3)18(22)15-10-17(13(2)21)23-12-15/h6-7,9-12,16H,4-5,8H2,1-3H3. The zero-order chi connectivity index (χ0) is 16.8. The summed E-state index contributed by atoms with van der Waals surface area (Å²) in [7, 11) is 1.82. The number of pyridine rings is 1. The normalized spacial score (nSPS) is 12.0. The van der Waals surface area contributed by atoms with Crippen LogP contribution in [0.4, 0.5) is 0 Å². The molecule has 0 aromatic carbocycles. The van der Waals surface area contributed by atoms with E-state index in [4.69, 9.17) is 0 Å². The fourth-order valence-corrected chi connectivity index (χ4v) is 3.32. The van der Waals surface area contributed by atoms with Crippen LogP contribution >= 0.6 is 11.3 Å². The van der Waals surface area contributed by atoms with E-state index in [9.17, 15) is 9.59 Å². The van der Waals surface area contributed by atoms with Crippen LogP contribution in [-0.2, 0) is 0 Å². The van der Waals surface area contributed by atoms with Gasteiger partial charge >= 0.3 is 0 Å². The molecule has 0 spiro atoms. The lowest BCUT2D eigenvalue weighted by molar-refractivity contribution is 0.0720. The molecule has 2 aromatic rings. The summed E-state index contributed by atoms with van der Waals surface area (Å²) in [6, 6.07) is 5.58. The van der Waals surface area contributed by atoms with Gasteiger partial charge in [-0.2, -0.15) is 0 Å². The summed E-state index contributed by atoms with van der Waals surface area (Å²) in [4.78, 5) is 30.7. The molecule has 0 saturated heterocycles. The van der Waals surface area contributed by atoms with E-state index >= 15 is 0 Å². The van der Waals surface area contributed by atoms with E-state index < -0.39 is 0 Å². The molecule has 2 aromatic heterocycles. The first-order valence-electron chi connectivity index (χ1n) is 7.81. The number of ketones is 1. The third-order valence-electron chi connectivity index (χ3n) is 3.88. The van der Waals surface area contributed by atoms with Gasteiger partial charge in [-0.05, 0) is 31.0 Å². The quantitative estimate of drug-likeness (QED) is 0.709. The molecule has 5 heteroatoms. The Balaban J connectivity index is 2.23. The van der Waals surface area contributed by atoms with Crippen molar-refractivity contribution in [3.63, 3.8) is 0 Å². The van der Waals surface area contributed by atoms with E-state index in [1.165, 1.54) is 18.3 Å². The number of nitrogens with zero attached hydrogens (tertiary/aromatic N) is 2. The van der Waals surface area contributed by atoms with Crippen LogP contribution in [0.15, 0.2) is 36.0 Å². The van der Waals surface area contributed by atoms with Gasteiger partial charge in [0.25, 0.3) is 5.91 Å². The van der Waals surface area contributed by atoms with E-state index in [-0.39, 0.29) is 17.7 Å². The summed E-state index contributed by atoms with van der Waals surface area (Å²) in [5, 5.41) is 1.76. The van der Waals surface area contributed by atoms with Crippen molar-refractivity contribution in [2.45, 2.75) is 39.2 Å². The molecule has 1 amide bonds. The molecule has 1 atom stereocenters. The average Bonchev–Trinajstić information content (AvgIpc) is 3.05. The Kier molecular flexibility index (Phi) is 6.04. The van der Waals surface area contributed by atoms with Crippen molar-refractivity contribution in [3.8, 4) is 0 Å². The van der Waals surface area contributed by atoms with E-state index in [2.05, 4.69) is 11.9 Å². The first kappa shape index (κ1) is 17.3. The van der Waals surface area contributed by atoms with Gasteiger partial charge in [0, 0.05) is 24.8 Å². The summed E-state index contributed by atoms with van der Waals surface area (Å²) in [5.41, 5.74) is 1.62. The van der Waals surface area contributed by atoms with E-state index in [0.29, 0.717) is 10.4 Å². The lowest BCUT2D eigenvalue weighted by atomic mass is 10.0. The van der Waals surface area contributed by atoms with Crippen LogP contribution in [0.2, 0.25) is 0 Å². The van der Waals surface area contributed by atoms with Gasteiger partial charge in [-0.25, -0.2) is 0 Å². The van der Waals surface area contributed by atoms with Crippen LogP contribution in [0.25, 0.3) is 0 Å². The van der Waals surface area contributed by atoms with Gasteiger partial charge in [0.2, 0.25) is 0 Å². The minimum atomic E-state index is -0.0568. The zero-order valence-corrected chi connectivity index (χ0v) is 14.6. The molecule has 1 unspecified atom stereocenters. The number of unbranched alkanes of at least 4 members (excludes halogenated alkanes) is 1. The molecule has 0 N–H and O–H groups in total. The minimum Gasteiger partial charge on any atom is -0.335 e. The van der Waals surface area contributed by atoms with Crippen LogP contribution in [-0.4, -0.2) is 28.6 Å². The van der Waals surface area contributed by atoms with Crippen molar-refractivity contribution in [3.05, 3.63) is 52.0 Å². The topological polar surface area (TPSA) is 50.3 Å². The second-order valence-electron chi connectivity index (χ2n) is 5.62. The van der Waals surface area contributed by atoms with E-state index in [1.54, 1.807) is 22.5 Å². The van der Waals surface area contributed by atoms with E-state index in [0.717, 1.165) is 24.8 Å². The van der Waals surface area contributed by atoms with Gasteiger partial charge in [0.1, 0.15) is 0 Å². The molecule has 0 bridgehead atoms. The summed E-state index contributed by atoms with van der Waals surface area (Å²) >= 11 is 1.32. The van der Waals surface area contributed by atoms with Gasteiger partial charge in [0.05, 0.1) is 16.5 Å². The summed E-state index contributed by atoms with van der Waals surface area (Å²) in [6.07, 6.45) is 6.57. The highest BCUT2D eigenvalue weighted by molar-refractivity contribution is 7.12. The first-order valence-corrected chi connectivity index (χ1v) is 8.69. The van der Waals surface area contributed by atoms with Crippen LogP contribution in [0.1, 0.15) is 64.7 Å². The summed E-state index contributed by atoms with van der Waals surface area (Å²) < 4.78 is 0. The Bertz CT molecular complexity index is 667. The van der Waals surface area contributed by atoms with Crippen molar-refractivity contribution in [1.82, 2.24) is 9.88 Å². The maximum Gasteiger partial charge on any atom is 0.254 e. The molecule has 2 rings (SSSR count). The number of rotatable bonds is 7.